The molecular weight excluding hydrogens is 232 g/mol. The second-order valence-corrected chi connectivity index (χ2v) is 6.38. The molecule has 2 atom stereocenters. The van der Waals surface area contributed by atoms with Crippen LogP contribution in [-0.4, -0.2) is 24.0 Å². The Balaban J connectivity index is 2.25. The summed E-state index contributed by atoms with van der Waals surface area (Å²) in [5.74, 6) is 1.21. The van der Waals surface area contributed by atoms with Crippen molar-refractivity contribution in [2.24, 2.45) is 11.7 Å². The Morgan fingerprint density at radius 1 is 1.16 bits per heavy atom. The highest BCUT2D eigenvalue weighted by Gasteiger charge is 2.35. The van der Waals surface area contributed by atoms with Gasteiger partial charge in [-0.15, -0.1) is 0 Å². The predicted octanol–water partition coefficient (Wildman–Crippen LogP) is 3.54. The molecule has 2 nitrogen and oxygen atoms in total. The van der Waals surface area contributed by atoms with E-state index in [-0.39, 0.29) is 0 Å². The number of nitrogens with two attached hydrogens (primary N) is 1. The van der Waals surface area contributed by atoms with Crippen LogP contribution >= 0.6 is 0 Å². The fourth-order valence-electron chi connectivity index (χ4n) is 3.25. The molecule has 2 rings (SSSR count). The van der Waals surface area contributed by atoms with E-state index in [0.29, 0.717) is 23.9 Å². The summed E-state index contributed by atoms with van der Waals surface area (Å²) in [6, 6.07) is 10.3. The van der Waals surface area contributed by atoms with Gasteiger partial charge < -0.3 is 5.73 Å². The number of nitrogens with zero attached hydrogens (tertiary/aromatic N) is 1. The van der Waals surface area contributed by atoms with Gasteiger partial charge >= 0.3 is 0 Å². The Hall–Kier alpha value is -0.860. The molecule has 1 heterocycles. The normalized spacial score (nSPS) is 24.6. The van der Waals surface area contributed by atoms with Crippen LogP contribution in [0.25, 0.3) is 0 Å². The summed E-state index contributed by atoms with van der Waals surface area (Å²) in [7, 11) is 0. The molecule has 2 N–H and O–H groups in total. The molecule has 0 aromatic heterocycles. The molecule has 0 amide bonds. The third-order valence-electron chi connectivity index (χ3n) is 4.47. The maximum Gasteiger partial charge on any atom is 0.0391 e. The minimum atomic E-state index is 0.506. The SMILES string of the molecule is CC(C)c1ccc(C2C(CN)CCN2C(C)C)cc1. The summed E-state index contributed by atoms with van der Waals surface area (Å²) in [6.45, 7) is 11.0. The topological polar surface area (TPSA) is 29.3 Å². The number of hydrogen-bond acceptors (Lipinski definition) is 2. The maximum atomic E-state index is 5.98. The molecule has 106 valence electrons. The van der Waals surface area contributed by atoms with Crippen molar-refractivity contribution >= 4 is 0 Å². The summed E-state index contributed by atoms with van der Waals surface area (Å²) in [5, 5.41) is 0. The van der Waals surface area contributed by atoms with Crippen molar-refractivity contribution in [2.45, 2.75) is 52.1 Å². The van der Waals surface area contributed by atoms with Crippen LogP contribution in [0.2, 0.25) is 0 Å². The fourth-order valence-corrected chi connectivity index (χ4v) is 3.25. The first-order valence-corrected chi connectivity index (χ1v) is 7.60. The fraction of sp³-hybridized carbons (Fsp3) is 0.647. The van der Waals surface area contributed by atoms with E-state index in [0.717, 1.165) is 6.54 Å². The molecule has 1 aromatic carbocycles. The molecule has 2 unspecified atom stereocenters. The van der Waals surface area contributed by atoms with Crippen LogP contribution in [0.15, 0.2) is 24.3 Å². The van der Waals surface area contributed by atoms with Crippen molar-refractivity contribution < 1.29 is 0 Å². The van der Waals surface area contributed by atoms with E-state index in [2.05, 4.69) is 56.9 Å². The van der Waals surface area contributed by atoms with E-state index < -0.39 is 0 Å². The Bertz CT molecular complexity index is 394. The van der Waals surface area contributed by atoms with Gasteiger partial charge in [0.15, 0.2) is 0 Å². The van der Waals surface area contributed by atoms with Crippen molar-refractivity contribution in [3.63, 3.8) is 0 Å². The average Bonchev–Trinajstić information content (AvgIpc) is 2.82. The van der Waals surface area contributed by atoms with Crippen LogP contribution in [0, 0.1) is 5.92 Å². The second-order valence-electron chi connectivity index (χ2n) is 6.38. The standard InChI is InChI=1S/C17H28N2/c1-12(2)14-5-7-15(8-6-14)17-16(11-18)9-10-19(17)13(3)4/h5-8,12-13,16-17H,9-11,18H2,1-4H3. The van der Waals surface area contributed by atoms with Gasteiger partial charge in [-0.2, -0.15) is 0 Å². The van der Waals surface area contributed by atoms with Crippen LogP contribution in [0.5, 0.6) is 0 Å². The third kappa shape index (κ3) is 3.01. The van der Waals surface area contributed by atoms with Crippen molar-refractivity contribution in [1.82, 2.24) is 4.90 Å². The molecule has 0 bridgehead atoms. The van der Waals surface area contributed by atoms with Gasteiger partial charge in [-0.05, 0) is 56.3 Å². The lowest BCUT2D eigenvalue weighted by atomic mass is 9.91. The van der Waals surface area contributed by atoms with Crippen LogP contribution < -0.4 is 5.73 Å². The lowest BCUT2D eigenvalue weighted by Crippen LogP contribution is -2.33. The van der Waals surface area contributed by atoms with Crippen LogP contribution in [0.3, 0.4) is 0 Å². The minimum Gasteiger partial charge on any atom is -0.330 e. The monoisotopic (exact) mass is 260 g/mol. The van der Waals surface area contributed by atoms with E-state index in [1.54, 1.807) is 0 Å². The van der Waals surface area contributed by atoms with Gasteiger partial charge in [-0.25, -0.2) is 0 Å². The molecule has 0 spiro atoms. The first-order valence-electron chi connectivity index (χ1n) is 7.60. The minimum absolute atomic E-state index is 0.506. The second kappa shape index (κ2) is 6.06. The molecule has 0 radical (unpaired) electrons. The molecule has 1 aliphatic rings. The van der Waals surface area contributed by atoms with E-state index in [4.69, 9.17) is 5.73 Å². The largest absolute Gasteiger partial charge is 0.330 e. The van der Waals surface area contributed by atoms with E-state index >= 15 is 0 Å². The molecule has 19 heavy (non-hydrogen) atoms. The highest BCUT2D eigenvalue weighted by atomic mass is 15.2. The number of rotatable bonds is 4. The van der Waals surface area contributed by atoms with Crippen LogP contribution in [0.4, 0.5) is 0 Å². The van der Waals surface area contributed by atoms with Gasteiger partial charge in [0, 0.05) is 12.1 Å². The zero-order valence-electron chi connectivity index (χ0n) is 12.8. The molecule has 0 saturated carbocycles. The van der Waals surface area contributed by atoms with Crippen LogP contribution in [0.1, 0.15) is 57.2 Å². The smallest absolute Gasteiger partial charge is 0.0391 e. The average molecular weight is 260 g/mol. The van der Waals surface area contributed by atoms with E-state index in [9.17, 15) is 0 Å². The van der Waals surface area contributed by atoms with Gasteiger partial charge in [0.2, 0.25) is 0 Å². The Labute approximate surface area is 118 Å². The highest BCUT2D eigenvalue weighted by Crippen LogP contribution is 2.38. The first kappa shape index (κ1) is 14.5. The molecular formula is C17H28N2. The van der Waals surface area contributed by atoms with Crippen molar-refractivity contribution in [3.05, 3.63) is 35.4 Å². The van der Waals surface area contributed by atoms with Crippen molar-refractivity contribution in [3.8, 4) is 0 Å². The molecule has 1 saturated heterocycles. The quantitative estimate of drug-likeness (QED) is 0.897. The van der Waals surface area contributed by atoms with Gasteiger partial charge in [0.25, 0.3) is 0 Å². The van der Waals surface area contributed by atoms with Crippen molar-refractivity contribution in [2.75, 3.05) is 13.1 Å². The molecule has 0 aliphatic carbocycles. The van der Waals surface area contributed by atoms with E-state index in [1.165, 1.54) is 24.1 Å². The summed E-state index contributed by atoms with van der Waals surface area (Å²) in [5.41, 5.74) is 8.83. The first-order chi connectivity index (χ1) is 9.04. The van der Waals surface area contributed by atoms with Gasteiger partial charge in [0.05, 0.1) is 0 Å². The van der Waals surface area contributed by atoms with Gasteiger partial charge in [-0.1, -0.05) is 38.1 Å². The number of hydrogen-bond donors (Lipinski definition) is 1. The lowest BCUT2D eigenvalue weighted by Gasteiger charge is -2.31. The Morgan fingerprint density at radius 2 is 1.79 bits per heavy atom. The Morgan fingerprint density at radius 3 is 2.26 bits per heavy atom. The zero-order chi connectivity index (χ0) is 14.0. The maximum absolute atomic E-state index is 5.98. The third-order valence-corrected chi connectivity index (χ3v) is 4.47. The highest BCUT2D eigenvalue weighted by molar-refractivity contribution is 5.28. The summed E-state index contributed by atoms with van der Waals surface area (Å²) >= 11 is 0. The number of benzene rings is 1. The molecule has 1 aromatic rings. The summed E-state index contributed by atoms with van der Waals surface area (Å²) in [6.07, 6.45) is 1.23. The Kier molecular flexibility index (Phi) is 4.64. The van der Waals surface area contributed by atoms with E-state index in [1.807, 2.05) is 0 Å². The summed E-state index contributed by atoms with van der Waals surface area (Å²) < 4.78 is 0. The van der Waals surface area contributed by atoms with Gasteiger partial charge in [0.1, 0.15) is 0 Å². The lowest BCUT2D eigenvalue weighted by molar-refractivity contribution is 0.184. The zero-order valence-corrected chi connectivity index (χ0v) is 12.8. The molecule has 1 fully saturated rings. The van der Waals surface area contributed by atoms with Gasteiger partial charge in [-0.3, -0.25) is 4.90 Å². The molecule has 1 aliphatic heterocycles. The predicted molar refractivity (Wildman–Crippen MR) is 82.3 cm³/mol. The number of likely N-dealkylation sites (tertiary alicyclic amines) is 1. The van der Waals surface area contributed by atoms with Crippen LogP contribution in [-0.2, 0) is 0 Å². The van der Waals surface area contributed by atoms with Crippen molar-refractivity contribution in [1.29, 1.82) is 0 Å². The summed E-state index contributed by atoms with van der Waals surface area (Å²) in [4.78, 5) is 2.60. The molecule has 2 heteroatoms.